The van der Waals surface area contributed by atoms with Crippen molar-refractivity contribution in [3.8, 4) is 0 Å². The Morgan fingerprint density at radius 2 is 2.06 bits per heavy atom. The minimum atomic E-state index is 0.397. The molecule has 0 spiro atoms. The molecule has 0 amide bonds. The van der Waals surface area contributed by atoms with Gasteiger partial charge in [-0.05, 0) is 65.2 Å². The van der Waals surface area contributed by atoms with E-state index in [-0.39, 0.29) is 0 Å². The number of nitrogens with one attached hydrogen (secondary N) is 1. The van der Waals surface area contributed by atoms with Crippen LogP contribution in [0.25, 0.3) is 0 Å². The lowest BCUT2D eigenvalue weighted by atomic mass is 9.99. The van der Waals surface area contributed by atoms with Gasteiger partial charge in [0, 0.05) is 24.7 Å². The largest absolute Gasteiger partial charge is 0.310 e. The average molecular weight is 237 g/mol. The van der Waals surface area contributed by atoms with Gasteiger partial charge in [-0.1, -0.05) is 0 Å². The van der Waals surface area contributed by atoms with Gasteiger partial charge in [-0.15, -0.1) is 0 Å². The highest BCUT2D eigenvalue weighted by atomic mass is 15.3. The highest BCUT2D eigenvalue weighted by Crippen LogP contribution is 2.24. The van der Waals surface area contributed by atoms with Crippen LogP contribution in [0.15, 0.2) is 0 Å². The third-order valence-electron chi connectivity index (χ3n) is 4.92. The second-order valence-electron chi connectivity index (χ2n) is 6.51. The molecule has 98 valence electrons. The van der Waals surface area contributed by atoms with Gasteiger partial charge in [0.15, 0.2) is 0 Å². The molecule has 3 aliphatic rings. The van der Waals surface area contributed by atoms with E-state index in [0.717, 1.165) is 6.04 Å². The Morgan fingerprint density at radius 3 is 2.88 bits per heavy atom. The Bertz CT molecular complexity index is 260. The minimum Gasteiger partial charge on any atom is -0.310 e. The molecule has 3 aliphatic heterocycles. The smallest absolute Gasteiger partial charge is 0.0280 e. The van der Waals surface area contributed by atoms with Crippen molar-refractivity contribution in [3.63, 3.8) is 0 Å². The van der Waals surface area contributed by atoms with Crippen LogP contribution in [0.4, 0.5) is 0 Å². The summed E-state index contributed by atoms with van der Waals surface area (Å²) >= 11 is 0. The molecule has 3 nitrogen and oxygen atoms in total. The van der Waals surface area contributed by atoms with Crippen LogP contribution in [0, 0.1) is 0 Å². The summed E-state index contributed by atoms with van der Waals surface area (Å²) in [7, 11) is 0. The van der Waals surface area contributed by atoms with Gasteiger partial charge >= 0.3 is 0 Å². The molecule has 3 fully saturated rings. The number of fused-ring (bicyclic) bond motifs is 1. The lowest BCUT2D eigenvalue weighted by Gasteiger charge is -2.33. The SMILES string of the molecule is CC1(CN2CCCN3CCCC3C2)CCCN1. The van der Waals surface area contributed by atoms with Crippen molar-refractivity contribution in [1.82, 2.24) is 15.1 Å². The standard InChI is InChI=1S/C14H27N3/c1-14(6-3-7-15-14)12-16-8-4-10-17-9-2-5-13(17)11-16/h13,15H,2-12H2,1H3. The zero-order chi connectivity index (χ0) is 11.7. The molecule has 3 heteroatoms. The zero-order valence-electron chi connectivity index (χ0n) is 11.2. The van der Waals surface area contributed by atoms with Crippen LogP contribution >= 0.6 is 0 Å². The number of nitrogens with zero attached hydrogens (tertiary/aromatic N) is 2. The predicted octanol–water partition coefficient (Wildman–Crippen LogP) is 1.30. The van der Waals surface area contributed by atoms with Gasteiger partial charge in [0.05, 0.1) is 0 Å². The first-order valence-corrected chi connectivity index (χ1v) is 7.47. The maximum Gasteiger partial charge on any atom is 0.0280 e. The quantitative estimate of drug-likeness (QED) is 0.781. The first kappa shape index (κ1) is 11.9. The Labute approximate surface area is 106 Å². The van der Waals surface area contributed by atoms with Crippen molar-refractivity contribution in [3.05, 3.63) is 0 Å². The highest BCUT2D eigenvalue weighted by Gasteiger charge is 2.34. The summed E-state index contributed by atoms with van der Waals surface area (Å²) < 4.78 is 0. The molecule has 3 rings (SSSR count). The Kier molecular flexibility index (Phi) is 3.42. The van der Waals surface area contributed by atoms with Crippen molar-refractivity contribution in [2.45, 2.75) is 50.6 Å². The molecule has 2 atom stereocenters. The van der Waals surface area contributed by atoms with E-state index in [0.29, 0.717) is 5.54 Å². The molecule has 17 heavy (non-hydrogen) atoms. The summed E-state index contributed by atoms with van der Waals surface area (Å²) in [6, 6.07) is 0.863. The van der Waals surface area contributed by atoms with Crippen molar-refractivity contribution in [2.75, 3.05) is 39.3 Å². The van der Waals surface area contributed by atoms with Crippen LogP contribution in [-0.2, 0) is 0 Å². The summed E-state index contributed by atoms with van der Waals surface area (Å²) in [5, 5.41) is 3.71. The molecule has 0 aliphatic carbocycles. The summed E-state index contributed by atoms with van der Waals surface area (Å²) in [5.41, 5.74) is 0.397. The summed E-state index contributed by atoms with van der Waals surface area (Å²) in [5.74, 6) is 0. The number of rotatable bonds is 2. The first-order valence-electron chi connectivity index (χ1n) is 7.47. The lowest BCUT2D eigenvalue weighted by molar-refractivity contribution is 0.181. The summed E-state index contributed by atoms with van der Waals surface area (Å²) in [6.45, 7) is 10.2. The molecule has 3 heterocycles. The molecule has 1 N–H and O–H groups in total. The monoisotopic (exact) mass is 237 g/mol. The molecule has 0 aromatic rings. The summed E-state index contributed by atoms with van der Waals surface area (Å²) in [6.07, 6.45) is 6.94. The van der Waals surface area contributed by atoms with E-state index in [1.54, 1.807) is 0 Å². The molecule has 3 saturated heterocycles. The Hall–Kier alpha value is -0.120. The number of hydrogen-bond acceptors (Lipinski definition) is 3. The molecular weight excluding hydrogens is 210 g/mol. The molecule has 2 unspecified atom stereocenters. The van der Waals surface area contributed by atoms with Gasteiger partial charge < -0.3 is 5.32 Å². The molecular formula is C14H27N3. The summed E-state index contributed by atoms with van der Waals surface area (Å²) in [4.78, 5) is 5.46. The third-order valence-corrected chi connectivity index (χ3v) is 4.92. The molecule has 0 aromatic heterocycles. The Balaban J connectivity index is 1.59. The zero-order valence-corrected chi connectivity index (χ0v) is 11.2. The fourth-order valence-corrected chi connectivity index (χ4v) is 4.01. The second kappa shape index (κ2) is 4.87. The molecule has 0 radical (unpaired) electrons. The van der Waals surface area contributed by atoms with E-state index >= 15 is 0 Å². The fourth-order valence-electron chi connectivity index (χ4n) is 4.01. The van der Waals surface area contributed by atoms with E-state index in [9.17, 15) is 0 Å². The predicted molar refractivity (Wildman–Crippen MR) is 71.3 cm³/mol. The first-order chi connectivity index (χ1) is 8.25. The van der Waals surface area contributed by atoms with Gasteiger partial charge in [0.25, 0.3) is 0 Å². The van der Waals surface area contributed by atoms with Crippen LogP contribution in [0.1, 0.15) is 39.0 Å². The van der Waals surface area contributed by atoms with E-state index in [1.165, 1.54) is 71.4 Å². The topological polar surface area (TPSA) is 18.5 Å². The van der Waals surface area contributed by atoms with Crippen LogP contribution < -0.4 is 5.32 Å². The molecule has 0 bridgehead atoms. The fraction of sp³-hybridized carbons (Fsp3) is 1.00. The molecule has 0 saturated carbocycles. The highest BCUT2D eigenvalue weighted by molar-refractivity contribution is 4.94. The van der Waals surface area contributed by atoms with Crippen LogP contribution in [0.5, 0.6) is 0 Å². The average Bonchev–Trinajstić information content (AvgIpc) is 2.85. The lowest BCUT2D eigenvalue weighted by Crippen LogP contribution is -2.49. The van der Waals surface area contributed by atoms with Gasteiger partial charge in [-0.2, -0.15) is 0 Å². The molecule has 0 aromatic carbocycles. The van der Waals surface area contributed by atoms with Gasteiger partial charge in [0.2, 0.25) is 0 Å². The van der Waals surface area contributed by atoms with Crippen molar-refractivity contribution in [1.29, 1.82) is 0 Å². The van der Waals surface area contributed by atoms with Crippen LogP contribution in [0.2, 0.25) is 0 Å². The number of hydrogen-bond donors (Lipinski definition) is 1. The van der Waals surface area contributed by atoms with E-state index in [1.807, 2.05) is 0 Å². The minimum absolute atomic E-state index is 0.397. The maximum atomic E-state index is 3.71. The maximum absolute atomic E-state index is 3.71. The van der Waals surface area contributed by atoms with Gasteiger partial charge in [-0.25, -0.2) is 0 Å². The Morgan fingerprint density at radius 1 is 1.18 bits per heavy atom. The van der Waals surface area contributed by atoms with Crippen LogP contribution in [0.3, 0.4) is 0 Å². The van der Waals surface area contributed by atoms with Gasteiger partial charge in [-0.3, -0.25) is 9.80 Å². The van der Waals surface area contributed by atoms with E-state index < -0.39 is 0 Å². The van der Waals surface area contributed by atoms with Crippen molar-refractivity contribution < 1.29 is 0 Å². The van der Waals surface area contributed by atoms with Crippen molar-refractivity contribution >= 4 is 0 Å². The second-order valence-corrected chi connectivity index (χ2v) is 6.51. The third kappa shape index (κ3) is 2.67. The van der Waals surface area contributed by atoms with Crippen LogP contribution in [-0.4, -0.2) is 60.6 Å². The van der Waals surface area contributed by atoms with Crippen molar-refractivity contribution in [2.24, 2.45) is 0 Å². The van der Waals surface area contributed by atoms with E-state index in [2.05, 4.69) is 22.0 Å². The normalized spacial score (nSPS) is 40.4. The van der Waals surface area contributed by atoms with Gasteiger partial charge in [0.1, 0.15) is 0 Å². The van der Waals surface area contributed by atoms with E-state index in [4.69, 9.17) is 0 Å².